The number of ether oxygens (including phenoxy) is 1. The van der Waals surface area contributed by atoms with E-state index in [1.807, 2.05) is 0 Å². The molecule has 0 saturated carbocycles. The average molecular weight is 516 g/mol. The summed E-state index contributed by atoms with van der Waals surface area (Å²) in [5.74, 6) is -2.64. The van der Waals surface area contributed by atoms with Gasteiger partial charge in [-0.3, -0.25) is 14.4 Å². The van der Waals surface area contributed by atoms with Crippen molar-refractivity contribution in [2.75, 3.05) is 0 Å². The lowest BCUT2D eigenvalue weighted by molar-refractivity contribution is -0.142. The highest BCUT2D eigenvalue weighted by Gasteiger charge is 2.26. The number of aryl methyl sites for hydroxylation is 1. The molecule has 1 unspecified atom stereocenters. The van der Waals surface area contributed by atoms with Gasteiger partial charge >= 0.3 is 5.97 Å². The van der Waals surface area contributed by atoms with E-state index >= 15 is 0 Å². The molecule has 5 aromatic rings. The second-order valence-electron chi connectivity index (χ2n) is 8.69. The van der Waals surface area contributed by atoms with Gasteiger partial charge in [-0.2, -0.15) is 0 Å². The quantitative estimate of drug-likeness (QED) is 0.273. The largest absolute Gasteiger partial charge is 0.489 e. The molecule has 38 heavy (non-hydrogen) atoms. The molecule has 0 aliphatic rings. The molecule has 5 rings (SSSR count). The summed E-state index contributed by atoms with van der Waals surface area (Å²) in [6.07, 6.45) is -0.347. The number of halogens is 1. The van der Waals surface area contributed by atoms with Gasteiger partial charge in [0.05, 0.1) is 16.7 Å². The second kappa shape index (κ2) is 10.6. The number of Topliss-reactive ketones (excluding diaryl/α,β-unsaturated/α-hetero) is 1. The number of carbonyl (C=O) groups excluding carboxylic acids is 1. The van der Waals surface area contributed by atoms with Crippen LogP contribution in [-0.4, -0.2) is 37.0 Å². The Morgan fingerprint density at radius 3 is 2.63 bits per heavy atom. The topological polar surface area (TPSA) is 137 Å². The molecule has 11 heteroatoms. The molecule has 0 aliphatic carbocycles. The van der Waals surface area contributed by atoms with Crippen molar-refractivity contribution in [3.8, 4) is 5.75 Å². The summed E-state index contributed by atoms with van der Waals surface area (Å²) in [6, 6.07) is 17.5. The smallest absolute Gasteiger partial charge is 0.307 e. The first-order chi connectivity index (χ1) is 18.4. The molecule has 2 heterocycles. The molecule has 192 valence electrons. The lowest BCUT2D eigenvalue weighted by Crippen LogP contribution is -2.27. The van der Waals surface area contributed by atoms with E-state index in [1.165, 1.54) is 12.1 Å². The molecular weight excluding hydrogens is 495 g/mol. The van der Waals surface area contributed by atoms with Gasteiger partial charge < -0.3 is 14.4 Å². The van der Waals surface area contributed by atoms with E-state index < -0.39 is 17.7 Å². The third-order valence-corrected chi connectivity index (χ3v) is 6.13. The molecule has 0 aliphatic heterocycles. The average Bonchev–Trinajstić information content (AvgIpc) is 3.35. The van der Waals surface area contributed by atoms with E-state index in [0.717, 1.165) is 10.2 Å². The van der Waals surface area contributed by atoms with Crippen LogP contribution in [0.15, 0.2) is 76.0 Å². The van der Waals surface area contributed by atoms with Gasteiger partial charge in [0.15, 0.2) is 17.1 Å². The van der Waals surface area contributed by atoms with Crippen molar-refractivity contribution in [2.24, 2.45) is 5.92 Å². The lowest BCUT2D eigenvalue weighted by atomic mass is 9.96. The first kappa shape index (κ1) is 24.8. The Balaban J connectivity index is 1.26. The predicted molar refractivity (Wildman–Crippen MR) is 133 cm³/mol. The van der Waals surface area contributed by atoms with Crippen molar-refractivity contribution >= 4 is 33.6 Å². The number of aliphatic carboxylic acids is 1. The summed E-state index contributed by atoms with van der Waals surface area (Å²) in [5, 5.41) is 22.2. The Morgan fingerprint density at radius 2 is 1.84 bits per heavy atom. The zero-order valence-corrected chi connectivity index (χ0v) is 19.9. The van der Waals surface area contributed by atoms with Crippen molar-refractivity contribution in [3.63, 3.8) is 0 Å². The minimum atomic E-state index is -1.18. The maximum atomic E-state index is 13.1. The maximum absolute atomic E-state index is 13.1. The second-order valence-corrected chi connectivity index (χ2v) is 8.69. The van der Waals surface area contributed by atoms with Gasteiger partial charge in [-0.1, -0.05) is 34.6 Å². The van der Waals surface area contributed by atoms with Crippen LogP contribution in [0.25, 0.3) is 21.9 Å². The fourth-order valence-corrected chi connectivity index (χ4v) is 4.04. The van der Waals surface area contributed by atoms with Crippen LogP contribution in [0.3, 0.4) is 0 Å². The summed E-state index contributed by atoms with van der Waals surface area (Å²) in [6.45, 7) is 0.186. The van der Waals surface area contributed by atoms with Crippen LogP contribution in [0.1, 0.15) is 28.9 Å². The SMILES string of the molecule is O=C(CC(CCn1nnc2ccccc2c1=O)C(=O)O)c1noc2cc(OCc3ccc(F)cc3)ccc12. The third kappa shape index (κ3) is 5.26. The highest BCUT2D eigenvalue weighted by Crippen LogP contribution is 2.26. The van der Waals surface area contributed by atoms with Crippen LogP contribution in [0.2, 0.25) is 0 Å². The van der Waals surface area contributed by atoms with Crippen molar-refractivity contribution in [2.45, 2.75) is 26.0 Å². The Bertz CT molecular complexity index is 1700. The van der Waals surface area contributed by atoms with Crippen molar-refractivity contribution in [1.29, 1.82) is 0 Å². The number of rotatable bonds is 10. The van der Waals surface area contributed by atoms with Gasteiger partial charge in [-0.05, 0) is 48.4 Å². The van der Waals surface area contributed by atoms with Crippen LogP contribution in [0, 0.1) is 11.7 Å². The van der Waals surface area contributed by atoms with Gasteiger partial charge in [0.2, 0.25) is 0 Å². The van der Waals surface area contributed by atoms with Crippen LogP contribution < -0.4 is 10.3 Å². The third-order valence-electron chi connectivity index (χ3n) is 6.13. The number of hydrogen-bond acceptors (Lipinski definition) is 8. The number of benzene rings is 3. The highest BCUT2D eigenvalue weighted by molar-refractivity contribution is 6.06. The Kier molecular flexibility index (Phi) is 6.90. The number of hydrogen-bond donors (Lipinski definition) is 1. The van der Waals surface area contributed by atoms with Gasteiger partial charge in [-0.15, -0.1) is 5.10 Å². The minimum Gasteiger partial charge on any atom is -0.489 e. The van der Waals surface area contributed by atoms with Crippen LogP contribution in [0.4, 0.5) is 4.39 Å². The van der Waals surface area contributed by atoms with Crippen molar-refractivity contribution in [3.05, 3.63) is 94.2 Å². The number of aromatic nitrogens is 4. The number of carboxylic acids is 1. The Labute approximate surface area is 214 Å². The van der Waals surface area contributed by atoms with E-state index in [-0.39, 0.29) is 43.1 Å². The molecule has 1 atom stereocenters. The molecule has 10 nitrogen and oxygen atoms in total. The van der Waals surface area contributed by atoms with Gasteiger partial charge in [-0.25, -0.2) is 9.07 Å². The molecule has 0 saturated heterocycles. The summed E-state index contributed by atoms with van der Waals surface area (Å²) >= 11 is 0. The standard InChI is InChI=1S/C27H21FN4O6/c28-18-7-5-16(6-8-18)15-37-19-9-10-21-24(14-19)38-30-25(21)23(33)13-17(27(35)36)11-12-32-26(34)20-3-1-2-4-22(20)29-31-32/h1-10,14,17H,11-13,15H2,(H,35,36). The van der Waals surface area contributed by atoms with E-state index in [0.29, 0.717) is 27.6 Å². The first-order valence-electron chi connectivity index (χ1n) is 11.7. The van der Waals surface area contributed by atoms with E-state index in [4.69, 9.17) is 9.26 Å². The summed E-state index contributed by atoms with van der Waals surface area (Å²) < 4.78 is 25.2. The van der Waals surface area contributed by atoms with E-state index in [2.05, 4.69) is 15.5 Å². The highest BCUT2D eigenvalue weighted by atomic mass is 19.1. The molecule has 2 aromatic heterocycles. The Hall–Kier alpha value is -4.93. The molecule has 0 bridgehead atoms. The number of fused-ring (bicyclic) bond motifs is 2. The lowest BCUT2D eigenvalue weighted by Gasteiger charge is -2.11. The maximum Gasteiger partial charge on any atom is 0.307 e. The van der Waals surface area contributed by atoms with E-state index in [9.17, 15) is 23.9 Å². The fourth-order valence-electron chi connectivity index (χ4n) is 4.04. The molecular formula is C27H21FN4O6. The van der Waals surface area contributed by atoms with Crippen LogP contribution >= 0.6 is 0 Å². The van der Waals surface area contributed by atoms with Crippen molar-refractivity contribution in [1.82, 2.24) is 20.2 Å². The monoisotopic (exact) mass is 516 g/mol. The normalized spacial score (nSPS) is 12.0. The van der Waals surface area contributed by atoms with Gasteiger partial charge in [0.25, 0.3) is 5.56 Å². The number of carbonyl (C=O) groups is 2. The molecule has 0 radical (unpaired) electrons. The van der Waals surface area contributed by atoms with Crippen LogP contribution in [0.5, 0.6) is 5.75 Å². The molecule has 0 fully saturated rings. The van der Waals surface area contributed by atoms with Crippen molar-refractivity contribution < 1.29 is 28.3 Å². The summed E-state index contributed by atoms with van der Waals surface area (Å²) in [5.41, 5.74) is 1.15. The number of carboxylic acid groups (broad SMARTS) is 1. The zero-order valence-electron chi connectivity index (χ0n) is 19.9. The summed E-state index contributed by atoms with van der Waals surface area (Å²) in [4.78, 5) is 37.5. The fraction of sp³-hybridized carbons (Fsp3) is 0.185. The molecule has 3 aromatic carbocycles. The molecule has 1 N–H and O–H groups in total. The van der Waals surface area contributed by atoms with Gasteiger partial charge in [0, 0.05) is 19.0 Å². The number of nitrogens with zero attached hydrogens (tertiary/aromatic N) is 4. The first-order valence-corrected chi connectivity index (χ1v) is 11.7. The molecule has 0 spiro atoms. The number of ketones is 1. The van der Waals surface area contributed by atoms with Crippen LogP contribution in [-0.2, 0) is 17.9 Å². The molecule has 0 amide bonds. The van der Waals surface area contributed by atoms with E-state index in [1.54, 1.807) is 54.6 Å². The zero-order chi connectivity index (χ0) is 26.6. The summed E-state index contributed by atoms with van der Waals surface area (Å²) in [7, 11) is 0. The minimum absolute atomic E-state index is 0.00877. The Morgan fingerprint density at radius 1 is 1.05 bits per heavy atom. The van der Waals surface area contributed by atoms with Gasteiger partial charge in [0.1, 0.15) is 23.7 Å². The predicted octanol–water partition coefficient (Wildman–Crippen LogP) is 4.01.